The molecule has 116 valence electrons. The van der Waals surface area contributed by atoms with Gasteiger partial charge >= 0.3 is 12.1 Å². The molecule has 0 unspecified atom stereocenters. The molecule has 6 nitrogen and oxygen atoms in total. The van der Waals surface area contributed by atoms with Crippen molar-refractivity contribution < 1.29 is 32.2 Å². The number of anilines is 1. The number of esters is 1. The fourth-order valence-electron chi connectivity index (χ4n) is 1.30. The van der Waals surface area contributed by atoms with Crippen LogP contribution in [-0.2, 0) is 9.53 Å². The number of benzene rings is 1. The predicted molar refractivity (Wildman–Crippen MR) is 66.8 cm³/mol. The van der Waals surface area contributed by atoms with Crippen LogP contribution in [0.25, 0.3) is 0 Å². The van der Waals surface area contributed by atoms with Gasteiger partial charge in [0.05, 0.1) is 18.4 Å². The lowest BCUT2D eigenvalue weighted by atomic mass is 10.2. The van der Waals surface area contributed by atoms with Gasteiger partial charge in [-0.25, -0.2) is 4.79 Å². The summed E-state index contributed by atoms with van der Waals surface area (Å²) in [7, 11) is 1.35. The van der Waals surface area contributed by atoms with Crippen molar-refractivity contribution in [1.29, 1.82) is 0 Å². The maximum atomic E-state index is 11.9. The van der Waals surface area contributed by atoms with Gasteiger partial charge in [0.15, 0.2) is 6.61 Å². The van der Waals surface area contributed by atoms with E-state index in [4.69, 9.17) is 10.5 Å². The lowest BCUT2D eigenvalue weighted by Crippen LogP contribution is -2.36. The third-order valence-corrected chi connectivity index (χ3v) is 2.29. The Bertz CT molecular complexity index is 532. The van der Waals surface area contributed by atoms with Crippen LogP contribution in [-0.4, -0.2) is 38.3 Å². The normalized spacial score (nSPS) is 10.9. The second-order valence-electron chi connectivity index (χ2n) is 3.92. The largest absolute Gasteiger partial charge is 0.495 e. The van der Waals surface area contributed by atoms with E-state index in [1.54, 1.807) is 5.32 Å². The van der Waals surface area contributed by atoms with Gasteiger partial charge in [-0.1, -0.05) is 0 Å². The smallest absolute Gasteiger partial charge is 0.405 e. The molecule has 1 amide bonds. The molecule has 9 heteroatoms. The molecule has 0 heterocycles. The number of carbonyl (C=O) groups is 2. The van der Waals surface area contributed by atoms with E-state index in [-0.39, 0.29) is 11.3 Å². The van der Waals surface area contributed by atoms with Gasteiger partial charge in [-0.15, -0.1) is 0 Å². The first-order chi connectivity index (χ1) is 9.73. The highest BCUT2D eigenvalue weighted by Crippen LogP contribution is 2.22. The Kier molecular flexibility index (Phi) is 5.39. The third-order valence-electron chi connectivity index (χ3n) is 2.29. The summed E-state index contributed by atoms with van der Waals surface area (Å²) in [5.41, 5.74) is 5.92. The van der Waals surface area contributed by atoms with Crippen LogP contribution in [0.3, 0.4) is 0 Å². The average Bonchev–Trinajstić information content (AvgIpc) is 2.42. The zero-order valence-electron chi connectivity index (χ0n) is 11.0. The average molecular weight is 306 g/mol. The van der Waals surface area contributed by atoms with E-state index >= 15 is 0 Å². The van der Waals surface area contributed by atoms with Gasteiger partial charge in [-0.05, 0) is 18.2 Å². The standard InChI is InChI=1S/C12H13F3N2O4/c1-20-9-4-7(2-3-8(9)16)11(19)21-5-10(18)17-6-12(13,14)15/h2-4H,5-6,16H2,1H3,(H,17,18). The topological polar surface area (TPSA) is 90.6 Å². The fraction of sp³-hybridized carbons (Fsp3) is 0.333. The molecule has 3 N–H and O–H groups in total. The number of ether oxygens (including phenoxy) is 2. The van der Waals surface area contributed by atoms with Crippen molar-refractivity contribution in [2.75, 3.05) is 26.0 Å². The zero-order valence-corrected chi connectivity index (χ0v) is 11.0. The Hall–Kier alpha value is -2.45. The number of amides is 1. The number of hydrogen-bond acceptors (Lipinski definition) is 5. The number of rotatable bonds is 5. The molecule has 0 atom stereocenters. The molecule has 1 rings (SSSR count). The highest BCUT2D eigenvalue weighted by Gasteiger charge is 2.27. The minimum atomic E-state index is -4.52. The highest BCUT2D eigenvalue weighted by molar-refractivity contribution is 5.92. The maximum Gasteiger partial charge on any atom is 0.405 e. The number of nitrogen functional groups attached to an aromatic ring is 1. The van der Waals surface area contributed by atoms with E-state index in [2.05, 4.69) is 4.74 Å². The number of methoxy groups -OCH3 is 1. The molecule has 1 aromatic carbocycles. The van der Waals surface area contributed by atoms with Gasteiger partial charge in [-0.2, -0.15) is 13.2 Å². The molecule has 0 spiro atoms. The number of nitrogens with one attached hydrogen (secondary N) is 1. The first-order valence-corrected chi connectivity index (χ1v) is 5.67. The molecular weight excluding hydrogens is 293 g/mol. The van der Waals surface area contributed by atoms with E-state index in [9.17, 15) is 22.8 Å². The second kappa shape index (κ2) is 6.82. The maximum absolute atomic E-state index is 11.9. The Morgan fingerprint density at radius 1 is 1.33 bits per heavy atom. The first-order valence-electron chi connectivity index (χ1n) is 5.67. The van der Waals surface area contributed by atoms with Crippen LogP contribution in [0, 0.1) is 0 Å². The number of alkyl halides is 3. The summed E-state index contributed by atoms with van der Waals surface area (Å²) in [6, 6.07) is 4.04. The van der Waals surface area contributed by atoms with Gasteiger partial charge in [-0.3, -0.25) is 4.79 Å². The highest BCUT2D eigenvalue weighted by atomic mass is 19.4. The van der Waals surface area contributed by atoms with Crippen molar-refractivity contribution in [3.05, 3.63) is 23.8 Å². The Morgan fingerprint density at radius 2 is 2.00 bits per heavy atom. The van der Waals surface area contributed by atoms with Gasteiger partial charge < -0.3 is 20.5 Å². The molecule has 21 heavy (non-hydrogen) atoms. The summed E-state index contributed by atoms with van der Waals surface area (Å²) >= 11 is 0. The molecular formula is C12H13F3N2O4. The van der Waals surface area contributed by atoms with Crippen LogP contribution in [0.1, 0.15) is 10.4 Å². The molecule has 0 saturated heterocycles. The summed E-state index contributed by atoms with van der Waals surface area (Å²) in [5.74, 6) is -1.69. The van der Waals surface area contributed by atoms with Crippen molar-refractivity contribution in [1.82, 2.24) is 5.32 Å². The van der Waals surface area contributed by atoms with Crippen LogP contribution in [0.15, 0.2) is 18.2 Å². The Morgan fingerprint density at radius 3 is 2.57 bits per heavy atom. The molecule has 1 aromatic rings. The number of halogens is 3. The van der Waals surface area contributed by atoms with E-state index in [0.717, 1.165) is 0 Å². The molecule has 0 bridgehead atoms. The van der Waals surface area contributed by atoms with Crippen molar-refractivity contribution in [2.24, 2.45) is 0 Å². The number of nitrogens with two attached hydrogens (primary N) is 1. The van der Waals surface area contributed by atoms with Crippen LogP contribution in [0.5, 0.6) is 5.75 Å². The molecule has 0 fully saturated rings. The summed E-state index contributed by atoms with van der Waals surface area (Å²) < 4.78 is 45.0. The Labute approximate surface area is 118 Å². The first kappa shape index (κ1) is 16.6. The van der Waals surface area contributed by atoms with E-state index in [1.165, 1.54) is 25.3 Å². The van der Waals surface area contributed by atoms with Crippen molar-refractivity contribution in [2.45, 2.75) is 6.18 Å². The minimum Gasteiger partial charge on any atom is -0.495 e. The lowest BCUT2D eigenvalue weighted by Gasteiger charge is -2.09. The van der Waals surface area contributed by atoms with Crippen molar-refractivity contribution >= 4 is 17.6 Å². The molecule has 0 aliphatic carbocycles. The summed E-state index contributed by atoms with van der Waals surface area (Å²) in [5, 5.41) is 1.58. The van der Waals surface area contributed by atoms with E-state index in [0.29, 0.717) is 5.69 Å². The third kappa shape index (κ3) is 5.59. The molecule has 0 aliphatic heterocycles. The SMILES string of the molecule is COc1cc(C(=O)OCC(=O)NCC(F)(F)F)ccc1N. The summed E-state index contributed by atoms with van der Waals surface area (Å²) in [4.78, 5) is 22.7. The summed E-state index contributed by atoms with van der Waals surface area (Å²) in [6.07, 6.45) is -4.52. The molecule has 0 radical (unpaired) electrons. The minimum absolute atomic E-state index is 0.0599. The van der Waals surface area contributed by atoms with Crippen LogP contribution >= 0.6 is 0 Å². The second-order valence-corrected chi connectivity index (χ2v) is 3.92. The number of carbonyl (C=O) groups excluding carboxylic acids is 2. The van der Waals surface area contributed by atoms with Crippen LogP contribution in [0.2, 0.25) is 0 Å². The van der Waals surface area contributed by atoms with E-state index < -0.39 is 31.2 Å². The van der Waals surface area contributed by atoms with Crippen molar-refractivity contribution in [3.63, 3.8) is 0 Å². The van der Waals surface area contributed by atoms with Gasteiger partial charge in [0, 0.05) is 0 Å². The molecule has 0 saturated carbocycles. The van der Waals surface area contributed by atoms with Crippen LogP contribution in [0.4, 0.5) is 18.9 Å². The summed E-state index contributed by atoms with van der Waals surface area (Å²) in [6.45, 7) is -2.30. The van der Waals surface area contributed by atoms with E-state index in [1.807, 2.05) is 0 Å². The van der Waals surface area contributed by atoms with Gasteiger partial charge in [0.1, 0.15) is 12.3 Å². The zero-order chi connectivity index (χ0) is 16.0. The molecule has 0 aliphatic rings. The van der Waals surface area contributed by atoms with Crippen LogP contribution < -0.4 is 15.8 Å². The van der Waals surface area contributed by atoms with Gasteiger partial charge in [0.25, 0.3) is 5.91 Å². The quantitative estimate of drug-likeness (QED) is 0.628. The van der Waals surface area contributed by atoms with Crippen molar-refractivity contribution in [3.8, 4) is 5.75 Å². The fourth-order valence-corrected chi connectivity index (χ4v) is 1.30. The monoisotopic (exact) mass is 306 g/mol. The van der Waals surface area contributed by atoms with Gasteiger partial charge in [0.2, 0.25) is 0 Å². The Balaban J connectivity index is 2.52. The predicted octanol–water partition coefficient (Wildman–Crippen LogP) is 1.11. The lowest BCUT2D eigenvalue weighted by molar-refractivity contribution is -0.140. The molecule has 0 aromatic heterocycles. The number of hydrogen-bond donors (Lipinski definition) is 2.